The van der Waals surface area contributed by atoms with Gasteiger partial charge in [0.2, 0.25) is 0 Å². The highest BCUT2D eigenvalue weighted by Crippen LogP contribution is 2.07. The summed E-state index contributed by atoms with van der Waals surface area (Å²) in [6, 6.07) is 2.32. The molecule has 1 unspecified atom stereocenters. The maximum atomic E-state index is 8.88. The second kappa shape index (κ2) is 5.83. The fourth-order valence-electron chi connectivity index (χ4n) is 1.45. The Morgan fingerprint density at radius 1 is 1.50 bits per heavy atom. The second-order valence-corrected chi connectivity index (χ2v) is 3.88. The van der Waals surface area contributed by atoms with Crippen molar-refractivity contribution in [2.45, 2.75) is 32.9 Å². The molecule has 0 aliphatic carbocycles. The third-order valence-electron chi connectivity index (χ3n) is 2.39. The molecule has 0 saturated carbocycles. The lowest BCUT2D eigenvalue weighted by atomic mass is 10.0. The van der Waals surface area contributed by atoms with Gasteiger partial charge in [0, 0.05) is 24.8 Å². The first-order chi connectivity index (χ1) is 6.74. The highest BCUT2D eigenvalue weighted by Gasteiger charge is 2.11. The lowest BCUT2D eigenvalue weighted by molar-refractivity contribution is 0.244. The molecule has 0 aromatic carbocycles. The van der Waals surface area contributed by atoms with Crippen molar-refractivity contribution in [3.63, 3.8) is 0 Å². The first kappa shape index (κ1) is 11.3. The second-order valence-electron chi connectivity index (χ2n) is 3.88. The summed E-state index contributed by atoms with van der Waals surface area (Å²) in [5, 5.41) is 12.3. The van der Waals surface area contributed by atoms with E-state index in [-0.39, 0.29) is 6.61 Å². The number of hydrogen-bond donors (Lipinski definition) is 2. The Labute approximate surface area is 85.1 Å². The SMILES string of the molecule is CC(C)C(CCO)NCc1ccoc1. The van der Waals surface area contributed by atoms with Gasteiger partial charge in [0.25, 0.3) is 0 Å². The zero-order chi connectivity index (χ0) is 10.4. The van der Waals surface area contributed by atoms with E-state index in [1.165, 1.54) is 0 Å². The first-order valence-corrected chi connectivity index (χ1v) is 5.09. The highest BCUT2D eigenvalue weighted by molar-refractivity contribution is 5.04. The van der Waals surface area contributed by atoms with Gasteiger partial charge in [-0.15, -0.1) is 0 Å². The van der Waals surface area contributed by atoms with Crippen LogP contribution in [0.25, 0.3) is 0 Å². The average Bonchev–Trinajstić information content (AvgIpc) is 2.64. The van der Waals surface area contributed by atoms with E-state index in [9.17, 15) is 0 Å². The van der Waals surface area contributed by atoms with Crippen LogP contribution in [-0.4, -0.2) is 17.8 Å². The summed E-state index contributed by atoms with van der Waals surface area (Å²) in [5.41, 5.74) is 1.15. The Morgan fingerprint density at radius 2 is 2.29 bits per heavy atom. The molecule has 80 valence electrons. The predicted molar refractivity (Wildman–Crippen MR) is 55.9 cm³/mol. The summed E-state index contributed by atoms with van der Waals surface area (Å²) in [6.45, 7) is 5.35. The van der Waals surface area contributed by atoms with E-state index in [1.807, 2.05) is 6.07 Å². The van der Waals surface area contributed by atoms with Crippen LogP contribution in [0.5, 0.6) is 0 Å². The summed E-state index contributed by atoms with van der Waals surface area (Å²) in [5.74, 6) is 0.536. The quantitative estimate of drug-likeness (QED) is 0.730. The van der Waals surface area contributed by atoms with Crippen molar-refractivity contribution >= 4 is 0 Å². The van der Waals surface area contributed by atoms with Crippen molar-refractivity contribution in [1.29, 1.82) is 0 Å². The van der Waals surface area contributed by atoms with Crippen molar-refractivity contribution in [3.8, 4) is 0 Å². The molecule has 0 bridgehead atoms. The molecule has 0 aliphatic rings. The normalized spacial score (nSPS) is 13.4. The maximum Gasteiger partial charge on any atom is 0.0947 e. The third-order valence-corrected chi connectivity index (χ3v) is 2.39. The van der Waals surface area contributed by atoms with Crippen LogP contribution in [0.4, 0.5) is 0 Å². The Balaban J connectivity index is 2.33. The topological polar surface area (TPSA) is 45.4 Å². The zero-order valence-electron chi connectivity index (χ0n) is 8.86. The van der Waals surface area contributed by atoms with Gasteiger partial charge in [0.15, 0.2) is 0 Å². The van der Waals surface area contributed by atoms with Crippen LogP contribution in [0.3, 0.4) is 0 Å². The number of hydrogen-bond acceptors (Lipinski definition) is 3. The molecule has 14 heavy (non-hydrogen) atoms. The average molecular weight is 197 g/mol. The summed E-state index contributed by atoms with van der Waals surface area (Å²) in [6.07, 6.45) is 4.21. The molecule has 1 aromatic rings. The molecular weight excluding hydrogens is 178 g/mol. The van der Waals surface area contributed by atoms with Gasteiger partial charge >= 0.3 is 0 Å². The molecule has 0 spiro atoms. The molecule has 2 N–H and O–H groups in total. The largest absolute Gasteiger partial charge is 0.472 e. The van der Waals surface area contributed by atoms with Crippen molar-refractivity contribution in [2.24, 2.45) is 5.92 Å². The van der Waals surface area contributed by atoms with Crippen LogP contribution in [0, 0.1) is 5.92 Å². The zero-order valence-corrected chi connectivity index (χ0v) is 8.86. The smallest absolute Gasteiger partial charge is 0.0947 e. The van der Waals surface area contributed by atoms with Gasteiger partial charge < -0.3 is 14.8 Å². The third kappa shape index (κ3) is 3.52. The van der Waals surface area contributed by atoms with Crippen LogP contribution >= 0.6 is 0 Å². The highest BCUT2D eigenvalue weighted by atomic mass is 16.3. The number of furan rings is 1. The van der Waals surface area contributed by atoms with Gasteiger partial charge in [-0.05, 0) is 18.4 Å². The van der Waals surface area contributed by atoms with Gasteiger partial charge in [-0.1, -0.05) is 13.8 Å². The van der Waals surface area contributed by atoms with E-state index in [1.54, 1.807) is 12.5 Å². The Bertz CT molecular complexity index is 231. The summed E-state index contributed by atoms with van der Waals surface area (Å²) in [7, 11) is 0. The molecule has 3 nitrogen and oxygen atoms in total. The van der Waals surface area contributed by atoms with E-state index in [0.29, 0.717) is 12.0 Å². The Kier molecular flexibility index (Phi) is 4.70. The molecule has 0 amide bonds. The van der Waals surface area contributed by atoms with Crippen molar-refractivity contribution in [2.75, 3.05) is 6.61 Å². The van der Waals surface area contributed by atoms with Gasteiger partial charge in [-0.3, -0.25) is 0 Å². The minimum atomic E-state index is 0.237. The van der Waals surface area contributed by atoms with E-state index < -0.39 is 0 Å². The van der Waals surface area contributed by atoms with Crippen LogP contribution in [0.2, 0.25) is 0 Å². The fraction of sp³-hybridized carbons (Fsp3) is 0.636. The number of aliphatic hydroxyl groups excluding tert-OH is 1. The number of aliphatic hydroxyl groups is 1. The summed E-state index contributed by atoms with van der Waals surface area (Å²) in [4.78, 5) is 0. The standard InChI is InChI=1S/C11H19NO2/c1-9(2)11(3-5-13)12-7-10-4-6-14-8-10/h4,6,8-9,11-13H,3,5,7H2,1-2H3. The minimum absolute atomic E-state index is 0.237. The molecule has 0 radical (unpaired) electrons. The van der Waals surface area contributed by atoms with Crippen molar-refractivity contribution in [1.82, 2.24) is 5.32 Å². The fourth-order valence-corrected chi connectivity index (χ4v) is 1.45. The minimum Gasteiger partial charge on any atom is -0.472 e. The van der Waals surface area contributed by atoms with Crippen LogP contribution in [-0.2, 0) is 6.54 Å². The molecule has 0 fully saturated rings. The lowest BCUT2D eigenvalue weighted by Crippen LogP contribution is -2.34. The van der Waals surface area contributed by atoms with Gasteiger partial charge in [0.1, 0.15) is 0 Å². The lowest BCUT2D eigenvalue weighted by Gasteiger charge is -2.21. The predicted octanol–water partition coefficient (Wildman–Crippen LogP) is 1.78. The van der Waals surface area contributed by atoms with Crippen molar-refractivity contribution < 1.29 is 9.52 Å². The first-order valence-electron chi connectivity index (χ1n) is 5.09. The van der Waals surface area contributed by atoms with Gasteiger partial charge in [-0.25, -0.2) is 0 Å². The van der Waals surface area contributed by atoms with Crippen LogP contribution in [0.1, 0.15) is 25.8 Å². The Hall–Kier alpha value is -0.800. The van der Waals surface area contributed by atoms with Crippen molar-refractivity contribution in [3.05, 3.63) is 24.2 Å². The molecule has 1 heterocycles. The number of nitrogens with one attached hydrogen (secondary N) is 1. The van der Waals surface area contributed by atoms with E-state index in [0.717, 1.165) is 18.5 Å². The molecule has 1 atom stereocenters. The molecule has 3 heteroatoms. The summed E-state index contributed by atoms with van der Waals surface area (Å²) >= 11 is 0. The van der Waals surface area contributed by atoms with Crippen LogP contribution in [0.15, 0.2) is 23.0 Å². The summed E-state index contributed by atoms with van der Waals surface area (Å²) < 4.78 is 4.98. The van der Waals surface area contributed by atoms with Gasteiger partial charge in [0.05, 0.1) is 12.5 Å². The molecule has 0 saturated heterocycles. The number of rotatable bonds is 6. The maximum absolute atomic E-state index is 8.88. The molecule has 1 rings (SSSR count). The molecule has 1 aromatic heterocycles. The van der Waals surface area contributed by atoms with E-state index in [2.05, 4.69) is 19.2 Å². The molecule has 0 aliphatic heterocycles. The van der Waals surface area contributed by atoms with E-state index >= 15 is 0 Å². The van der Waals surface area contributed by atoms with Crippen LogP contribution < -0.4 is 5.32 Å². The molecular formula is C11H19NO2. The Morgan fingerprint density at radius 3 is 2.79 bits per heavy atom. The van der Waals surface area contributed by atoms with Gasteiger partial charge in [-0.2, -0.15) is 0 Å². The van der Waals surface area contributed by atoms with E-state index in [4.69, 9.17) is 9.52 Å². The monoisotopic (exact) mass is 197 g/mol.